The van der Waals surface area contributed by atoms with Gasteiger partial charge in [0, 0.05) is 5.56 Å². The maximum atomic E-state index is 10.8. The van der Waals surface area contributed by atoms with Crippen molar-refractivity contribution in [3.63, 3.8) is 0 Å². The van der Waals surface area contributed by atoms with Crippen LogP contribution >= 0.6 is 0 Å². The summed E-state index contributed by atoms with van der Waals surface area (Å²) in [5, 5.41) is 0. The molecule has 0 spiro atoms. The van der Waals surface area contributed by atoms with Crippen LogP contribution < -0.4 is 0 Å². The van der Waals surface area contributed by atoms with Crippen LogP contribution in [0.1, 0.15) is 126 Å². The molecule has 0 amide bonds. The van der Waals surface area contributed by atoms with Crippen molar-refractivity contribution in [3.05, 3.63) is 107 Å². The minimum absolute atomic E-state index is 0.125. The Kier molecular flexibility index (Phi) is 32.4. The van der Waals surface area contributed by atoms with Gasteiger partial charge in [-0.3, -0.25) is 4.79 Å². The minimum Gasteiger partial charge on any atom is -0.307 e. The number of rotatable bonds is 7. The lowest BCUT2D eigenvalue weighted by molar-refractivity contribution is -0.0987. The van der Waals surface area contributed by atoms with E-state index in [2.05, 4.69) is 90.9 Å². The zero-order valence-electron chi connectivity index (χ0n) is 28.9. The van der Waals surface area contributed by atoms with Crippen molar-refractivity contribution in [1.82, 2.24) is 0 Å². The van der Waals surface area contributed by atoms with Gasteiger partial charge in [0.15, 0.2) is 5.78 Å². The maximum absolute atomic E-state index is 10.8. The number of carbonyl (C=O) groups excluding carboxylic acids is 3. The first-order valence-corrected chi connectivity index (χ1v) is 15.9. The highest BCUT2D eigenvalue weighted by molar-refractivity contribution is 5.93. The molecule has 2 unspecified atom stereocenters. The Morgan fingerprint density at radius 3 is 1.33 bits per heavy atom. The fraction of sp³-hybridized carbons (Fsp3) is 0.475. The summed E-state index contributed by atoms with van der Waals surface area (Å²) in [4.78, 5) is 26.8. The van der Waals surface area contributed by atoms with E-state index in [9.17, 15) is 4.79 Å². The van der Waals surface area contributed by atoms with E-state index in [1.807, 2.05) is 63.0 Å². The molecule has 3 aromatic rings. The second kappa shape index (κ2) is 31.6. The Bertz CT molecular complexity index is 973. The van der Waals surface area contributed by atoms with Crippen LogP contribution in [0, 0.1) is 25.7 Å². The van der Waals surface area contributed by atoms with E-state index >= 15 is 0 Å². The van der Waals surface area contributed by atoms with Gasteiger partial charge in [0.2, 0.25) is 0 Å². The van der Waals surface area contributed by atoms with Gasteiger partial charge in [-0.05, 0) is 50.5 Å². The van der Waals surface area contributed by atoms with Gasteiger partial charge in [0.05, 0.1) is 0 Å². The molecule has 1 aliphatic carbocycles. The lowest BCUT2D eigenvalue weighted by atomic mass is 10.0. The lowest BCUT2D eigenvalue weighted by Gasteiger charge is -2.05. The molecule has 1 fully saturated rings. The van der Waals surface area contributed by atoms with Crippen LogP contribution in [-0.2, 0) is 9.59 Å². The van der Waals surface area contributed by atoms with Gasteiger partial charge < -0.3 is 9.59 Å². The smallest absolute Gasteiger partial charge is 0.159 e. The molecule has 1 aliphatic rings. The van der Waals surface area contributed by atoms with Gasteiger partial charge in [-0.25, -0.2) is 0 Å². The highest BCUT2D eigenvalue weighted by Crippen LogP contribution is 2.46. The van der Waals surface area contributed by atoms with Gasteiger partial charge in [-0.2, -0.15) is 0 Å². The van der Waals surface area contributed by atoms with Crippen LogP contribution in [-0.4, -0.2) is 19.4 Å². The maximum Gasteiger partial charge on any atom is 0.159 e. The number of unbranched alkanes of at least 4 members (excludes halogenated alkanes) is 1. The molecule has 43 heavy (non-hydrogen) atoms. The molecule has 4 rings (SSSR count). The Morgan fingerprint density at radius 1 is 0.674 bits per heavy atom. The molecule has 0 heterocycles. The van der Waals surface area contributed by atoms with Crippen molar-refractivity contribution < 1.29 is 14.4 Å². The van der Waals surface area contributed by atoms with Crippen molar-refractivity contribution in [2.75, 3.05) is 0 Å². The summed E-state index contributed by atoms with van der Waals surface area (Å²) in [6.07, 6.45) is 9.55. The molecular formula is C40H62O3. The third kappa shape index (κ3) is 27.3. The van der Waals surface area contributed by atoms with E-state index in [0.717, 1.165) is 23.3 Å². The molecule has 240 valence electrons. The number of ketones is 1. The molecule has 1 saturated carbocycles. The summed E-state index contributed by atoms with van der Waals surface area (Å²) in [5.74, 6) is 2.90. The monoisotopic (exact) mass is 590 g/mol. The van der Waals surface area contributed by atoms with Gasteiger partial charge in [-0.15, -0.1) is 0 Å². The van der Waals surface area contributed by atoms with Crippen molar-refractivity contribution in [1.29, 1.82) is 0 Å². The lowest BCUT2D eigenvalue weighted by Crippen LogP contribution is -1.91. The molecule has 0 N–H and O–H groups in total. The molecule has 0 aromatic heterocycles. The summed E-state index contributed by atoms with van der Waals surface area (Å²) in [6, 6.07) is 28.6. The van der Waals surface area contributed by atoms with Crippen LogP contribution in [0.25, 0.3) is 0 Å². The van der Waals surface area contributed by atoms with Crippen LogP contribution in [0.3, 0.4) is 0 Å². The second-order valence-electron chi connectivity index (χ2n) is 11.0. The zero-order chi connectivity index (χ0) is 33.5. The van der Waals surface area contributed by atoms with E-state index in [1.54, 1.807) is 6.92 Å². The van der Waals surface area contributed by atoms with Crippen molar-refractivity contribution in [2.45, 2.75) is 113 Å². The average molecular weight is 591 g/mol. The Labute approximate surface area is 265 Å². The molecule has 0 saturated heterocycles. The SMILES string of the molecule is C=O.C=O.CC(=O)c1ccc(C)cc1.CC1CC1c1ccccc1.CCCC.CCCC(C)CCC.Cc1ccccc1. The standard InChI is InChI=1S/C10H12.C9H10O.C8H18.C7H8.C4H10.2CH2O/c1-8-7-10(8)9-5-3-2-4-6-9;1-7-3-5-9(6-4-7)8(2)10;1-4-6-8(3)7-5-2;1-7-5-3-2-4-6-7;1-3-4-2;2*1-2/h2-6,8,10H,7H2,1H3;3-6H,1-2H3;8H,4-7H2,1-3H3;2-6H,1H3;3-4H2,1-2H3;2*1H2. The van der Waals surface area contributed by atoms with E-state index in [-0.39, 0.29) is 5.78 Å². The fourth-order valence-corrected chi connectivity index (χ4v) is 3.94. The zero-order valence-corrected chi connectivity index (χ0v) is 28.9. The first-order chi connectivity index (χ1) is 20.7. The summed E-state index contributed by atoms with van der Waals surface area (Å²) in [7, 11) is 0. The largest absolute Gasteiger partial charge is 0.307 e. The molecule has 2 atom stereocenters. The highest BCUT2D eigenvalue weighted by atomic mass is 16.1. The number of aryl methyl sites for hydroxylation is 2. The Balaban J connectivity index is -0.000000463. The highest BCUT2D eigenvalue weighted by Gasteiger charge is 2.33. The number of carbonyl (C=O) groups is 3. The molecule has 3 nitrogen and oxygen atoms in total. The first kappa shape index (κ1) is 44.1. The second-order valence-corrected chi connectivity index (χ2v) is 11.0. The van der Waals surface area contributed by atoms with E-state index in [0.29, 0.717) is 0 Å². The van der Waals surface area contributed by atoms with Crippen molar-refractivity contribution in [2.24, 2.45) is 11.8 Å². The average Bonchev–Trinajstić information content (AvgIpc) is 3.78. The van der Waals surface area contributed by atoms with E-state index in [4.69, 9.17) is 9.59 Å². The summed E-state index contributed by atoms with van der Waals surface area (Å²) >= 11 is 0. The third-order valence-corrected chi connectivity index (χ3v) is 6.80. The minimum atomic E-state index is 0.125. The van der Waals surface area contributed by atoms with Crippen LogP contribution in [0.5, 0.6) is 0 Å². The number of hydrogen-bond donors (Lipinski definition) is 0. The topological polar surface area (TPSA) is 51.2 Å². The number of benzene rings is 3. The molecule has 3 aromatic carbocycles. The van der Waals surface area contributed by atoms with Crippen molar-refractivity contribution in [3.8, 4) is 0 Å². The summed E-state index contributed by atoms with van der Waals surface area (Å²) in [5.41, 5.74) is 4.81. The quantitative estimate of drug-likeness (QED) is 0.257. The van der Waals surface area contributed by atoms with Crippen LogP contribution in [0.2, 0.25) is 0 Å². The molecule has 0 aliphatic heterocycles. The van der Waals surface area contributed by atoms with Gasteiger partial charge in [-0.1, -0.05) is 176 Å². The normalized spacial score (nSPS) is 13.4. The van der Waals surface area contributed by atoms with Crippen LogP contribution in [0.4, 0.5) is 0 Å². The number of Topliss-reactive ketones (excluding diaryl/α,β-unsaturated/α-hetero) is 1. The molecule has 0 radical (unpaired) electrons. The molecule has 0 bridgehead atoms. The Hall–Kier alpha value is -3.33. The van der Waals surface area contributed by atoms with Gasteiger partial charge in [0.25, 0.3) is 0 Å². The van der Waals surface area contributed by atoms with E-state index in [1.165, 1.54) is 61.6 Å². The third-order valence-electron chi connectivity index (χ3n) is 6.80. The van der Waals surface area contributed by atoms with Crippen molar-refractivity contribution >= 4 is 19.4 Å². The summed E-state index contributed by atoms with van der Waals surface area (Å²) in [6.45, 7) is 23.2. The van der Waals surface area contributed by atoms with Gasteiger partial charge >= 0.3 is 0 Å². The number of hydrogen-bond acceptors (Lipinski definition) is 3. The Morgan fingerprint density at radius 2 is 1.05 bits per heavy atom. The first-order valence-electron chi connectivity index (χ1n) is 15.9. The van der Waals surface area contributed by atoms with Gasteiger partial charge in [0.1, 0.15) is 13.6 Å². The fourth-order valence-electron chi connectivity index (χ4n) is 3.94. The predicted octanol–water partition coefficient (Wildman–Crippen LogP) is 11.7. The molecule has 3 heteroatoms. The van der Waals surface area contributed by atoms with E-state index < -0.39 is 0 Å². The molecular weight excluding hydrogens is 528 g/mol. The predicted molar refractivity (Wildman–Crippen MR) is 189 cm³/mol. The summed E-state index contributed by atoms with van der Waals surface area (Å²) < 4.78 is 0. The van der Waals surface area contributed by atoms with Crippen LogP contribution in [0.15, 0.2) is 84.9 Å².